The maximum Gasteiger partial charge on any atom is 0.144 e. The number of nitrogens with zero attached hydrogens (tertiary/aromatic N) is 1. The Hall–Kier alpha value is -7.40. The van der Waals surface area contributed by atoms with E-state index in [2.05, 4.69) is 193 Å². The van der Waals surface area contributed by atoms with Crippen molar-refractivity contribution < 1.29 is 8.83 Å². The molecule has 272 valence electrons. The Morgan fingerprint density at radius 1 is 0.362 bits per heavy atom. The Bertz CT molecular complexity index is 3500. The van der Waals surface area contributed by atoms with Crippen molar-refractivity contribution >= 4 is 92.4 Å². The lowest BCUT2D eigenvalue weighted by molar-refractivity contribution is 0.664. The fourth-order valence-corrected chi connectivity index (χ4v) is 9.97. The molecule has 0 fully saturated rings. The molecule has 3 heterocycles. The van der Waals surface area contributed by atoms with Crippen molar-refractivity contribution in [3.63, 3.8) is 0 Å². The van der Waals surface area contributed by atoms with Gasteiger partial charge in [0.15, 0.2) is 0 Å². The minimum absolute atomic E-state index is 0.852. The summed E-state index contributed by atoms with van der Waals surface area (Å²) in [6.07, 6.45) is 0. The maximum absolute atomic E-state index is 6.75. The molecule has 3 aromatic heterocycles. The van der Waals surface area contributed by atoms with Crippen LogP contribution in [-0.2, 0) is 0 Å². The first-order valence-corrected chi connectivity index (χ1v) is 20.4. The van der Waals surface area contributed by atoms with Gasteiger partial charge in [-0.2, -0.15) is 0 Å². The molecular formula is C54H33NO2S. The SMILES string of the molecule is c1ccc(-c2cccc(N(c3ccc(-c4ccc5oc6c(-c7ccccc7)c7c(cc6c5c4)oc4ccccc47)cc3)c3cccc4c3sc3ccccc34)c2)cc1. The fourth-order valence-electron chi connectivity index (χ4n) is 8.77. The summed E-state index contributed by atoms with van der Waals surface area (Å²) in [4.78, 5) is 2.41. The van der Waals surface area contributed by atoms with E-state index in [9.17, 15) is 0 Å². The number of hydrogen-bond acceptors (Lipinski definition) is 4. The molecule has 0 amide bonds. The van der Waals surface area contributed by atoms with E-state index in [-0.39, 0.29) is 0 Å². The summed E-state index contributed by atoms with van der Waals surface area (Å²) >= 11 is 1.85. The van der Waals surface area contributed by atoms with Crippen LogP contribution in [0.3, 0.4) is 0 Å². The molecule has 4 heteroatoms. The van der Waals surface area contributed by atoms with Gasteiger partial charge >= 0.3 is 0 Å². The Balaban J connectivity index is 1.01. The van der Waals surface area contributed by atoms with Crippen molar-refractivity contribution in [1.82, 2.24) is 0 Å². The van der Waals surface area contributed by atoms with E-state index in [4.69, 9.17) is 8.83 Å². The van der Waals surface area contributed by atoms with Crippen LogP contribution in [0.4, 0.5) is 17.1 Å². The molecule has 0 atom stereocenters. The molecule has 0 unspecified atom stereocenters. The number of hydrogen-bond donors (Lipinski definition) is 0. The molecule has 0 saturated carbocycles. The Morgan fingerprint density at radius 3 is 1.84 bits per heavy atom. The summed E-state index contributed by atoms with van der Waals surface area (Å²) in [5, 5.41) is 6.83. The number of para-hydroxylation sites is 1. The van der Waals surface area contributed by atoms with Crippen LogP contribution in [-0.4, -0.2) is 0 Å². The van der Waals surface area contributed by atoms with Gasteiger partial charge in [-0.1, -0.05) is 140 Å². The van der Waals surface area contributed by atoms with Gasteiger partial charge in [0, 0.05) is 54.0 Å². The number of fused-ring (bicyclic) bond motifs is 9. The molecule has 58 heavy (non-hydrogen) atoms. The second-order valence-corrected chi connectivity index (χ2v) is 15.9. The van der Waals surface area contributed by atoms with Crippen LogP contribution in [0.1, 0.15) is 0 Å². The zero-order chi connectivity index (χ0) is 38.2. The van der Waals surface area contributed by atoms with E-state index < -0.39 is 0 Å². The third-order valence-corrected chi connectivity index (χ3v) is 12.7. The summed E-state index contributed by atoms with van der Waals surface area (Å²) in [7, 11) is 0. The highest BCUT2D eigenvalue weighted by Crippen LogP contribution is 2.47. The first-order chi connectivity index (χ1) is 28.7. The predicted octanol–water partition coefficient (Wildman–Crippen LogP) is 16.3. The van der Waals surface area contributed by atoms with Crippen LogP contribution in [0.15, 0.2) is 209 Å². The minimum Gasteiger partial charge on any atom is -0.456 e. The third kappa shape index (κ3) is 5.19. The molecule has 0 saturated heterocycles. The zero-order valence-electron chi connectivity index (χ0n) is 31.2. The number of benzene rings is 9. The summed E-state index contributed by atoms with van der Waals surface area (Å²) in [5.41, 5.74) is 13.6. The second kappa shape index (κ2) is 13.1. The lowest BCUT2D eigenvalue weighted by Gasteiger charge is -2.27. The van der Waals surface area contributed by atoms with Crippen molar-refractivity contribution in [3.05, 3.63) is 200 Å². The number of rotatable bonds is 6. The molecule has 0 aliphatic carbocycles. The van der Waals surface area contributed by atoms with Crippen molar-refractivity contribution in [3.8, 4) is 33.4 Å². The van der Waals surface area contributed by atoms with E-state index in [1.165, 1.54) is 31.3 Å². The van der Waals surface area contributed by atoms with Crippen molar-refractivity contribution in [1.29, 1.82) is 0 Å². The number of thiophene rings is 1. The van der Waals surface area contributed by atoms with Crippen LogP contribution < -0.4 is 4.90 Å². The average molecular weight is 760 g/mol. The predicted molar refractivity (Wildman–Crippen MR) is 245 cm³/mol. The van der Waals surface area contributed by atoms with Crippen LogP contribution in [0, 0.1) is 0 Å². The lowest BCUT2D eigenvalue weighted by atomic mass is 9.96. The Labute approximate surface area is 338 Å². The lowest BCUT2D eigenvalue weighted by Crippen LogP contribution is -2.10. The van der Waals surface area contributed by atoms with Gasteiger partial charge in [-0.25, -0.2) is 0 Å². The highest BCUT2D eigenvalue weighted by Gasteiger charge is 2.22. The van der Waals surface area contributed by atoms with Crippen LogP contribution in [0.2, 0.25) is 0 Å². The van der Waals surface area contributed by atoms with Gasteiger partial charge in [0.05, 0.1) is 10.4 Å². The van der Waals surface area contributed by atoms with E-state index in [1.807, 2.05) is 23.5 Å². The highest BCUT2D eigenvalue weighted by atomic mass is 32.1. The Morgan fingerprint density at radius 2 is 1.00 bits per heavy atom. The Kier molecular flexibility index (Phi) is 7.40. The van der Waals surface area contributed by atoms with Gasteiger partial charge in [0.1, 0.15) is 22.3 Å². The molecular weight excluding hydrogens is 727 g/mol. The second-order valence-electron chi connectivity index (χ2n) is 14.8. The van der Waals surface area contributed by atoms with Gasteiger partial charge in [-0.15, -0.1) is 11.3 Å². The van der Waals surface area contributed by atoms with Gasteiger partial charge < -0.3 is 13.7 Å². The van der Waals surface area contributed by atoms with Crippen LogP contribution >= 0.6 is 11.3 Å². The molecule has 0 aliphatic heterocycles. The first kappa shape index (κ1) is 32.8. The van der Waals surface area contributed by atoms with Crippen LogP contribution in [0.25, 0.3) is 97.4 Å². The molecule has 3 nitrogen and oxygen atoms in total. The maximum atomic E-state index is 6.75. The van der Waals surface area contributed by atoms with Gasteiger partial charge in [0.2, 0.25) is 0 Å². The molecule has 0 aliphatic rings. The van der Waals surface area contributed by atoms with Crippen molar-refractivity contribution in [2.75, 3.05) is 4.90 Å². The minimum atomic E-state index is 0.852. The smallest absolute Gasteiger partial charge is 0.144 e. The summed E-state index contributed by atoms with van der Waals surface area (Å²) < 4.78 is 15.8. The molecule has 0 N–H and O–H groups in total. The standard InChI is InChI=1S/C54H33NO2S/c1-3-13-34(14-4-1)37-17-11-18-40(31-37)55(46-22-12-21-42-41-19-8-10-24-50(41)58-54(42)46)39-28-25-35(26-29-39)38-27-30-48-44(32-38)45-33-49-52(43-20-7-9-23-47(43)56-49)51(53(45)57-48)36-15-5-2-6-16-36/h1-33H. The van der Waals surface area contributed by atoms with E-state index in [1.54, 1.807) is 0 Å². The molecule has 12 aromatic rings. The van der Waals surface area contributed by atoms with Crippen molar-refractivity contribution in [2.45, 2.75) is 0 Å². The van der Waals surface area contributed by atoms with E-state index in [0.717, 1.165) is 83.2 Å². The monoisotopic (exact) mass is 759 g/mol. The average Bonchev–Trinajstić information content (AvgIpc) is 3.98. The third-order valence-electron chi connectivity index (χ3n) is 11.5. The number of furan rings is 2. The van der Waals surface area contributed by atoms with E-state index in [0.29, 0.717) is 0 Å². The molecule has 9 aromatic carbocycles. The molecule has 0 bridgehead atoms. The van der Waals surface area contributed by atoms with Gasteiger partial charge in [0.25, 0.3) is 0 Å². The van der Waals surface area contributed by atoms with Crippen LogP contribution in [0.5, 0.6) is 0 Å². The molecule has 0 spiro atoms. The quantitative estimate of drug-likeness (QED) is 0.169. The van der Waals surface area contributed by atoms with Gasteiger partial charge in [-0.3, -0.25) is 0 Å². The number of anilines is 3. The summed E-state index contributed by atoms with van der Waals surface area (Å²) in [6.45, 7) is 0. The highest BCUT2D eigenvalue weighted by molar-refractivity contribution is 7.26. The zero-order valence-corrected chi connectivity index (χ0v) is 32.0. The fraction of sp³-hybridized carbons (Fsp3) is 0. The largest absolute Gasteiger partial charge is 0.456 e. The molecule has 12 rings (SSSR count). The van der Waals surface area contributed by atoms with Crippen molar-refractivity contribution in [2.24, 2.45) is 0 Å². The normalized spacial score (nSPS) is 11.8. The molecule has 0 radical (unpaired) electrons. The first-order valence-electron chi connectivity index (χ1n) is 19.6. The summed E-state index contributed by atoms with van der Waals surface area (Å²) in [5.74, 6) is 0. The topological polar surface area (TPSA) is 29.5 Å². The van der Waals surface area contributed by atoms with E-state index >= 15 is 0 Å². The summed E-state index contributed by atoms with van der Waals surface area (Å²) in [6, 6.07) is 71.3. The van der Waals surface area contributed by atoms with Gasteiger partial charge in [-0.05, 0) is 88.5 Å².